The second-order valence-electron chi connectivity index (χ2n) is 6.97. The summed E-state index contributed by atoms with van der Waals surface area (Å²) in [6, 6.07) is -0.652. The summed E-state index contributed by atoms with van der Waals surface area (Å²) in [5, 5.41) is 12.2. The van der Waals surface area contributed by atoms with E-state index < -0.39 is 12.0 Å². The van der Waals surface area contributed by atoms with Crippen molar-refractivity contribution in [3.05, 3.63) is 47.3 Å². The van der Waals surface area contributed by atoms with E-state index in [1.165, 1.54) is 16.7 Å². The number of thioether (sulfide) groups is 1. The van der Waals surface area contributed by atoms with Crippen molar-refractivity contribution in [3.63, 3.8) is 0 Å². The lowest BCUT2D eigenvalue weighted by Crippen LogP contribution is -2.32. The van der Waals surface area contributed by atoms with Gasteiger partial charge in [-0.2, -0.15) is 11.8 Å². The number of rotatable bonds is 13. The molecule has 3 N–H and O–H groups in total. The molecule has 1 aromatic rings. The molecule has 0 aromatic carbocycles. The second kappa shape index (κ2) is 13.3. The molecule has 27 heavy (non-hydrogen) atoms. The molecule has 150 valence electrons. The summed E-state index contributed by atoms with van der Waals surface area (Å²) < 4.78 is 0. The molecule has 0 aliphatic rings. The van der Waals surface area contributed by atoms with Gasteiger partial charge in [-0.05, 0) is 53.4 Å². The largest absolute Gasteiger partial charge is 0.480 e. The van der Waals surface area contributed by atoms with Crippen LogP contribution in [-0.2, 0) is 4.79 Å². The maximum absolute atomic E-state index is 11.3. The van der Waals surface area contributed by atoms with Crippen LogP contribution in [0.4, 0.5) is 5.95 Å². The first kappa shape index (κ1) is 23.1. The maximum atomic E-state index is 11.3. The summed E-state index contributed by atoms with van der Waals surface area (Å²) >= 11 is 1.61. The standard InChI is InChI=1S/C21H33N3O2S/c1-16(2)7-5-8-17(3)9-6-10-18(4)11-14-27-15-19(20(25)26)24-21-22-12-13-23-21/h7,9,11-13,19H,5-6,8,10,14-15H2,1-4H3,(H,25,26)(H2,22,23,24). The second-order valence-corrected chi connectivity index (χ2v) is 8.05. The Balaban J connectivity index is 2.26. The number of aromatic nitrogens is 2. The highest BCUT2D eigenvalue weighted by molar-refractivity contribution is 7.99. The minimum Gasteiger partial charge on any atom is -0.480 e. The predicted molar refractivity (Wildman–Crippen MR) is 116 cm³/mol. The molecule has 1 unspecified atom stereocenters. The van der Waals surface area contributed by atoms with Crippen molar-refractivity contribution in [1.82, 2.24) is 9.97 Å². The molecule has 0 aliphatic heterocycles. The predicted octanol–water partition coefficient (Wildman–Crippen LogP) is 5.43. The molecule has 0 bridgehead atoms. The van der Waals surface area contributed by atoms with Crippen molar-refractivity contribution in [3.8, 4) is 0 Å². The van der Waals surface area contributed by atoms with E-state index in [0.29, 0.717) is 11.7 Å². The normalized spacial score (nSPS) is 13.3. The number of nitrogens with one attached hydrogen (secondary N) is 2. The highest BCUT2D eigenvalue weighted by Crippen LogP contribution is 2.13. The molecule has 1 atom stereocenters. The SMILES string of the molecule is CC(C)=CCCC(C)=CCCC(C)=CCSCC(Nc1ncc[nH]1)C(=O)O. The Labute approximate surface area is 167 Å². The van der Waals surface area contributed by atoms with Crippen molar-refractivity contribution in [2.24, 2.45) is 0 Å². The van der Waals surface area contributed by atoms with Crippen LogP contribution in [0.2, 0.25) is 0 Å². The lowest BCUT2D eigenvalue weighted by molar-refractivity contribution is -0.137. The lowest BCUT2D eigenvalue weighted by Gasteiger charge is -2.12. The van der Waals surface area contributed by atoms with Crippen LogP contribution < -0.4 is 5.32 Å². The van der Waals surface area contributed by atoms with Crippen LogP contribution in [0.25, 0.3) is 0 Å². The van der Waals surface area contributed by atoms with Crippen LogP contribution in [0.5, 0.6) is 0 Å². The molecular formula is C21H33N3O2S. The molecule has 1 aromatic heterocycles. The number of nitrogens with zero attached hydrogens (tertiary/aromatic N) is 1. The number of aromatic amines is 1. The van der Waals surface area contributed by atoms with Gasteiger partial charge in [0.05, 0.1) is 0 Å². The van der Waals surface area contributed by atoms with Gasteiger partial charge in [0.25, 0.3) is 0 Å². The molecule has 1 rings (SSSR count). The molecule has 0 spiro atoms. The third kappa shape index (κ3) is 11.4. The lowest BCUT2D eigenvalue weighted by atomic mass is 10.1. The summed E-state index contributed by atoms with van der Waals surface area (Å²) in [4.78, 5) is 18.2. The molecule has 0 saturated heterocycles. The fourth-order valence-electron chi connectivity index (χ4n) is 2.41. The zero-order chi connectivity index (χ0) is 20.1. The molecule has 0 fully saturated rings. The minimum absolute atomic E-state index is 0.487. The Morgan fingerprint density at radius 2 is 1.85 bits per heavy atom. The Bertz CT molecular complexity index is 644. The molecule has 6 heteroatoms. The average molecular weight is 392 g/mol. The topological polar surface area (TPSA) is 78.0 Å². The van der Waals surface area contributed by atoms with Crippen molar-refractivity contribution in [2.45, 2.75) is 59.4 Å². The van der Waals surface area contributed by atoms with E-state index in [2.05, 4.69) is 61.2 Å². The Hall–Kier alpha value is -1.95. The van der Waals surface area contributed by atoms with Crippen molar-refractivity contribution < 1.29 is 9.90 Å². The van der Waals surface area contributed by atoms with Crippen LogP contribution in [0.15, 0.2) is 47.3 Å². The van der Waals surface area contributed by atoms with E-state index >= 15 is 0 Å². The van der Waals surface area contributed by atoms with Gasteiger partial charge in [-0.3, -0.25) is 0 Å². The molecule has 0 radical (unpaired) electrons. The first-order valence-electron chi connectivity index (χ1n) is 9.39. The molecule has 1 heterocycles. The number of imidazole rings is 1. The number of carboxylic acid groups (broad SMARTS) is 1. The zero-order valence-electron chi connectivity index (χ0n) is 16.9. The van der Waals surface area contributed by atoms with Crippen molar-refractivity contribution in [2.75, 3.05) is 16.8 Å². The highest BCUT2D eigenvalue weighted by atomic mass is 32.2. The minimum atomic E-state index is -0.867. The number of H-pyrrole nitrogens is 1. The smallest absolute Gasteiger partial charge is 0.327 e. The first-order valence-corrected chi connectivity index (χ1v) is 10.5. The number of hydrogen-bond acceptors (Lipinski definition) is 4. The van der Waals surface area contributed by atoms with Gasteiger partial charge in [0.1, 0.15) is 6.04 Å². The van der Waals surface area contributed by atoms with Gasteiger partial charge in [0.15, 0.2) is 0 Å². The van der Waals surface area contributed by atoms with E-state index in [9.17, 15) is 9.90 Å². The molecular weight excluding hydrogens is 358 g/mol. The van der Waals surface area contributed by atoms with Gasteiger partial charge in [0.2, 0.25) is 5.95 Å². The maximum Gasteiger partial charge on any atom is 0.327 e. The van der Waals surface area contributed by atoms with Crippen LogP contribution in [0.3, 0.4) is 0 Å². The van der Waals surface area contributed by atoms with Crippen molar-refractivity contribution >= 4 is 23.7 Å². The van der Waals surface area contributed by atoms with E-state index in [1.807, 2.05) is 0 Å². The Morgan fingerprint density at radius 3 is 2.44 bits per heavy atom. The van der Waals surface area contributed by atoms with Crippen LogP contribution in [0.1, 0.15) is 53.4 Å². The van der Waals surface area contributed by atoms with Crippen LogP contribution in [0, 0.1) is 0 Å². The first-order chi connectivity index (χ1) is 12.9. The van der Waals surface area contributed by atoms with Gasteiger partial charge < -0.3 is 15.4 Å². The zero-order valence-corrected chi connectivity index (χ0v) is 17.7. The summed E-state index contributed by atoms with van der Waals surface area (Å²) in [6.07, 6.45) is 14.4. The Morgan fingerprint density at radius 1 is 1.19 bits per heavy atom. The third-order valence-electron chi connectivity index (χ3n) is 4.06. The average Bonchev–Trinajstić information content (AvgIpc) is 3.10. The number of anilines is 1. The fourth-order valence-corrected chi connectivity index (χ4v) is 3.41. The summed E-state index contributed by atoms with van der Waals surface area (Å²) in [5.74, 6) is 0.928. The molecule has 0 aliphatic carbocycles. The van der Waals surface area contributed by atoms with Gasteiger partial charge in [0, 0.05) is 23.9 Å². The van der Waals surface area contributed by atoms with Crippen LogP contribution >= 0.6 is 11.8 Å². The summed E-state index contributed by atoms with van der Waals surface area (Å²) in [5.41, 5.74) is 4.17. The Kier molecular flexibility index (Phi) is 11.3. The third-order valence-corrected chi connectivity index (χ3v) is 5.04. The van der Waals surface area contributed by atoms with Gasteiger partial charge in [-0.25, -0.2) is 9.78 Å². The van der Waals surface area contributed by atoms with Crippen molar-refractivity contribution in [1.29, 1.82) is 0 Å². The number of allylic oxidation sites excluding steroid dienone is 5. The number of aliphatic carboxylic acids is 1. The summed E-state index contributed by atoms with van der Waals surface area (Å²) in [6.45, 7) is 8.61. The molecule has 0 saturated carbocycles. The number of carboxylic acids is 1. The monoisotopic (exact) mass is 391 g/mol. The van der Waals surface area contributed by atoms with Crippen LogP contribution in [-0.4, -0.2) is 38.6 Å². The van der Waals surface area contributed by atoms with Gasteiger partial charge in [-0.1, -0.05) is 34.9 Å². The molecule has 5 nitrogen and oxygen atoms in total. The highest BCUT2D eigenvalue weighted by Gasteiger charge is 2.17. The number of hydrogen-bond donors (Lipinski definition) is 3. The van der Waals surface area contributed by atoms with Gasteiger partial charge >= 0.3 is 5.97 Å². The quantitative estimate of drug-likeness (QED) is 0.309. The van der Waals surface area contributed by atoms with E-state index in [1.54, 1.807) is 24.2 Å². The van der Waals surface area contributed by atoms with E-state index in [0.717, 1.165) is 31.4 Å². The van der Waals surface area contributed by atoms with E-state index in [4.69, 9.17) is 0 Å². The number of carbonyl (C=O) groups is 1. The fraction of sp³-hybridized carbons (Fsp3) is 0.524. The van der Waals surface area contributed by atoms with Gasteiger partial charge in [-0.15, -0.1) is 0 Å². The summed E-state index contributed by atoms with van der Waals surface area (Å²) in [7, 11) is 0. The van der Waals surface area contributed by atoms with E-state index in [-0.39, 0.29) is 0 Å². The molecule has 0 amide bonds.